The van der Waals surface area contributed by atoms with E-state index in [1.54, 1.807) is 38.6 Å². The van der Waals surface area contributed by atoms with Crippen LogP contribution in [-0.2, 0) is 0 Å². The zero-order chi connectivity index (χ0) is 14.8. The van der Waals surface area contributed by atoms with Gasteiger partial charge < -0.3 is 30.2 Å². The molecule has 0 saturated carbocycles. The maximum atomic E-state index is 9.95. The second-order valence-corrected chi connectivity index (χ2v) is 4.48. The molecule has 0 fully saturated rings. The minimum atomic E-state index is -0.893. The van der Waals surface area contributed by atoms with Crippen molar-refractivity contribution in [3.8, 4) is 11.5 Å². The van der Waals surface area contributed by atoms with Crippen molar-refractivity contribution >= 4 is 17.5 Å². The Morgan fingerprint density at radius 1 is 1.19 bits per heavy atom. The first-order valence-corrected chi connectivity index (χ1v) is 6.40. The molecule has 1 aromatic heterocycles. The van der Waals surface area contributed by atoms with Crippen LogP contribution in [0.4, 0.5) is 11.5 Å². The number of H-pyrrole nitrogens is 1. The van der Waals surface area contributed by atoms with E-state index < -0.39 is 6.23 Å². The zero-order valence-corrected chi connectivity index (χ0v) is 11.7. The summed E-state index contributed by atoms with van der Waals surface area (Å²) in [6.45, 7) is 0. The number of aliphatic hydroxyl groups excluding tert-OH is 1. The number of aliphatic hydroxyl groups is 1. The highest BCUT2D eigenvalue weighted by atomic mass is 16.5. The summed E-state index contributed by atoms with van der Waals surface area (Å²) >= 11 is 0. The number of hydrogen-bond acceptors (Lipinski definition) is 6. The van der Waals surface area contributed by atoms with Crippen molar-refractivity contribution in [1.29, 1.82) is 0 Å². The van der Waals surface area contributed by atoms with E-state index in [-0.39, 0.29) is 0 Å². The number of fused-ring (bicyclic) bond motifs is 1. The molecular weight excluding hydrogens is 272 g/mol. The molecule has 1 aromatic carbocycles. The fraction of sp³-hybridized carbons (Fsp3) is 0.214. The van der Waals surface area contributed by atoms with Crippen LogP contribution in [0.5, 0.6) is 11.5 Å². The Balaban J connectivity index is 1.81. The Bertz CT molecular complexity index is 681. The standard InChI is InChI=1S/C14H16N4O3/c1-20-10-4-3-8(7-11(10)21-2)16-14-17-12-9(5-6-15-12)13(19)18-14/h3-7,13,15,19H,1-2H3,(H2,16,17,18). The number of nitrogens with zero attached hydrogens (tertiary/aromatic N) is 1. The van der Waals surface area contributed by atoms with Gasteiger partial charge in [0.25, 0.3) is 0 Å². The Kier molecular flexibility index (Phi) is 3.41. The SMILES string of the molecule is COc1ccc(NC2=NC(O)c3cc[nH]c3N2)cc1OC. The highest BCUT2D eigenvalue weighted by Gasteiger charge is 2.20. The second-order valence-electron chi connectivity index (χ2n) is 4.48. The normalized spacial score (nSPS) is 16.5. The van der Waals surface area contributed by atoms with Gasteiger partial charge in [-0.3, -0.25) is 0 Å². The lowest BCUT2D eigenvalue weighted by atomic mass is 10.2. The molecule has 4 N–H and O–H groups in total. The van der Waals surface area contributed by atoms with E-state index in [4.69, 9.17) is 9.47 Å². The van der Waals surface area contributed by atoms with E-state index in [1.807, 2.05) is 6.07 Å². The molecule has 0 aliphatic carbocycles. The Hall–Kier alpha value is -2.67. The summed E-state index contributed by atoms with van der Waals surface area (Å²) in [5.74, 6) is 2.43. The molecule has 3 rings (SSSR count). The predicted molar refractivity (Wildman–Crippen MR) is 80.0 cm³/mol. The molecule has 0 amide bonds. The molecular formula is C14H16N4O3. The number of anilines is 2. The largest absolute Gasteiger partial charge is 0.493 e. The number of methoxy groups -OCH3 is 2. The van der Waals surface area contributed by atoms with Crippen molar-refractivity contribution in [3.63, 3.8) is 0 Å². The highest BCUT2D eigenvalue weighted by molar-refractivity contribution is 6.04. The summed E-state index contributed by atoms with van der Waals surface area (Å²) in [4.78, 5) is 7.16. The number of ether oxygens (including phenoxy) is 2. The Morgan fingerprint density at radius 2 is 2.00 bits per heavy atom. The van der Waals surface area contributed by atoms with Gasteiger partial charge in [0.05, 0.1) is 14.2 Å². The minimum Gasteiger partial charge on any atom is -0.493 e. The summed E-state index contributed by atoms with van der Waals surface area (Å²) in [7, 11) is 3.16. The third kappa shape index (κ3) is 2.50. The fourth-order valence-corrected chi connectivity index (χ4v) is 2.16. The van der Waals surface area contributed by atoms with Crippen molar-refractivity contribution in [1.82, 2.24) is 4.98 Å². The maximum Gasteiger partial charge on any atom is 0.204 e. The van der Waals surface area contributed by atoms with Gasteiger partial charge in [0, 0.05) is 23.5 Å². The molecule has 1 unspecified atom stereocenters. The summed E-state index contributed by atoms with van der Waals surface area (Å²) in [6.07, 6.45) is 0.852. The van der Waals surface area contributed by atoms with Crippen molar-refractivity contribution in [2.45, 2.75) is 6.23 Å². The molecule has 7 heteroatoms. The summed E-state index contributed by atoms with van der Waals surface area (Å²) in [5.41, 5.74) is 1.48. The van der Waals surface area contributed by atoms with Crippen LogP contribution in [0.2, 0.25) is 0 Å². The second kappa shape index (κ2) is 5.37. The van der Waals surface area contributed by atoms with Crippen LogP contribution < -0.4 is 20.1 Å². The third-order valence-corrected chi connectivity index (χ3v) is 3.20. The third-order valence-electron chi connectivity index (χ3n) is 3.20. The number of aliphatic imine (C=N–C) groups is 1. The minimum absolute atomic E-state index is 0.449. The van der Waals surface area contributed by atoms with E-state index in [0.717, 1.165) is 11.5 Å². The zero-order valence-electron chi connectivity index (χ0n) is 11.7. The number of aromatic amines is 1. The predicted octanol–water partition coefficient (Wildman–Crippen LogP) is 1.92. The van der Waals surface area contributed by atoms with Crippen LogP contribution in [0.1, 0.15) is 11.8 Å². The molecule has 110 valence electrons. The van der Waals surface area contributed by atoms with Crippen LogP contribution in [0, 0.1) is 0 Å². The van der Waals surface area contributed by atoms with Crippen molar-refractivity contribution in [2.24, 2.45) is 4.99 Å². The topological polar surface area (TPSA) is 90.9 Å². The lowest BCUT2D eigenvalue weighted by Crippen LogP contribution is -2.27. The van der Waals surface area contributed by atoms with E-state index in [2.05, 4.69) is 20.6 Å². The van der Waals surface area contributed by atoms with Gasteiger partial charge >= 0.3 is 0 Å². The van der Waals surface area contributed by atoms with Crippen LogP contribution >= 0.6 is 0 Å². The smallest absolute Gasteiger partial charge is 0.204 e. The van der Waals surface area contributed by atoms with Gasteiger partial charge in [0.2, 0.25) is 5.96 Å². The van der Waals surface area contributed by atoms with Gasteiger partial charge in [-0.2, -0.15) is 0 Å². The summed E-state index contributed by atoms with van der Waals surface area (Å²) in [6, 6.07) is 7.20. The highest BCUT2D eigenvalue weighted by Crippen LogP contribution is 2.31. The van der Waals surface area contributed by atoms with Crippen LogP contribution in [0.3, 0.4) is 0 Å². The first kappa shape index (κ1) is 13.3. The Morgan fingerprint density at radius 3 is 2.76 bits per heavy atom. The van der Waals surface area contributed by atoms with Gasteiger partial charge in [0.15, 0.2) is 17.7 Å². The number of guanidine groups is 1. The molecule has 0 bridgehead atoms. The number of benzene rings is 1. The molecule has 1 atom stereocenters. The number of aromatic nitrogens is 1. The number of rotatable bonds is 3. The maximum absolute atomic E-state index is 9.95. The number of nitrogens with one attached hydrogen (secondary N) is 3. The molecule has 2 heterocycles. The van der Waals surface area contributed by atoms with E-state index in [1.165, 1.54) is 0 Å². The summed E-state index contributed by atoms with van der Waals surface area (Å²) in [5, 5.41) is 16.1. The lowest BCUT2D eigenvalue weighted by Gasteiger charge is -2.20. The fourth-order valence-electron chi connectivity index (χ4n) is 2.16. The molecule has 0 saturated heterocycles. The van der Waals surface area contributed by atoms with Gasteiger partial charge in [-0.25, -0.2) is 4.99 Å². The molecule has 2 aromatic rings. The molecule has 1 aliphatic rings. The average molecular weight is 288 g/mol. The molecule has 7 nitrogen and oxygen atoms in total. The van der Waals surface area contributed by atoms with Gasteiger partial charge in [0.1, 0.15) is 5.82 Å². The van der Waals surface area contributed by atoms with Gasteiger partial charge in [-0.05, 0) is 18.2 Å². The van der Waals surface area contributed by atoms with Crippen molar-refractivity contribution < 1.29 is 14.6 Å². The van der Waals surface area contributed by atoms with E-state index in [0.29, 0.717) is 23.0 Å². The first-order chi connectivity index (χ1) is 10.2. The molecule has 1 aliphatic heterocycles. The Labute approximate surface area is 121 Å². The lowest BCUT2D eigenvalue weighted by molar-refractivity contribution is 0.188. The van der Waals surface area contributed by atoms with E-state index in [9.17, 15) is 5.11 Å². The van der Waals surface area contributed by atoms with Gasteiger partial charge in [-0.1, -0.05) is 0 Å². The molecule has 0 radical (unpaired) electrons. The van der Waals surface area contributed by atoms with Crippen LogP contribution in [-0.4, -0.2) is 30.3 Å². The monoisotopic (exact) mass is 288 g/mol. The van der Waals surface area contributed by atoms with Gasteiger partial charge in [-0.15, -0.1) is 0 Å². The van der Waals surface area contributed by atoms with Crippen molar-refractivity contribution in [3.05, 3.63) is 36.0 Å². The number of hydrogen-bond donors (Lipinski definition) is 4. The first-order valence-electron chi connectivity index (χ1n) is 6.40. The van der Waals surface area contributed by atoms with E-state index >= 15 is 0 Å². The van der Waals surface area contributed by atoms with Crippen LogP contribution in [0.15, 0.2) is 35.5 Å². The molecule has 21 heavy (non-hydrogen) atoms. The van der Waals surface area contributed by atoms with Crippen molar-refractivity contribution in [2.75, 3.05) is 24.9 Å². The molecule has 0 spiro atoms. The summed E-state index contributed by atoms with van der Waals surface area (Å²) < 4.78 is 10.4. The van der Waals surface area contributed by atoms with Crippen LogP contribution in [0.25, 0.3) is 0 Å². The average Bonchev–Trinajstić information content (AvgIpc) is 2.96. The quantitative estimate of drug-likeness (QED) is 0.692.